The summed E-state index contributed by atoms with van der Waals surface area (Å²) in [5.74, 6) is -1.50. The van der Waals surface area contributed by atoms with Gasteiger partial charge in [-0.3, -0.25) is 9.59 Å². The molecule has 0 saturated carbocycles. The zero-order valence-electron chi connectivity index (χ0n) is 18.7. The average molecular weight is 439 g/mol. The molecule has 0 bridgehead atoms. The first-order chi connectivity index (χ1) is 15.2. The maximum Gasteiger partial charge on any atom is 0.407 e. The van der Waals surface area contributed by atoms with Gasteiger partial charge in [-0.25, -0.2) is 4.79 Å². The highest BCUT2D eigenvalue weighted by molar-refractivity contribution is 5.86. The van der Waals surface area contributed by atoms with Gasteiger partial charge in [0.1, 0.15) is 12.6 Å². The molecule has 2 amide bonds. The number of alkyl carbamates (subject to hydrolysis) is 1. The summed E-state index contributed by atoms with van der Waals surface area (Å²) < 4.78 is 5.54. The summed E-state index contributed by atoms with van der Waals surface area (Å²) in [6.07, 6.45) is 0.194. The van der Waals surface area contributed by atoms with E-state index in [0.717, 1.165) is 22.3 Å². The predicted octanol–water partition coefficient (Wildman–Crippen LogP) is 4.06. The van der Waals surface area contributed by atoms with Crippen molar-refractivity contribution in [3.8, 4) is 11.1 Å². The fourth-order valence-corrected chi connectivity index (χ4v) is 4.18. The molecule has 1 unspecified atom stereocenters. The van der Waals surface area contributed by atoms with Crippen LogP contribution in [-0.4, -0.2) is 41.3 Å². The second-order valence-electron chi connectivity index (χ2n) is 8.75. The van der Waals surface area contributed by atoms with Crippen LogP contribution < -0.4 is 10.6 Å². The first kappa shape index (κ1) is 23.3. The Bertz CT molecular complexity index is 956. The van der Waals surface area contributed by atoms with Crippen LogP contribution in [0.2, 0.25) is 0 Å². The number of benzene rings is 2. The fraction of sp³-hybridized carbons (Fsp3) is 0.400. The van der Waals surface area contributed by atoms with Crippen molar-refractivity contribution >= 4 is 18.0 Å². The van der Waals surface area contributed by atoms with Crippen LogP contribution in [0.1, 0.15) is 57.1 Å². The highest BCUT2D eigenvalue weighted by Gasteiger charge is 2.31. The van der Waals surface area contributed by atoms with Crippen LogP contribution in [-0.2, 0) is 14.3 Å². The van der Waals surface area contributed by atoms with Gasteiger partial charge in [-0.2, -0.15) is 0 Å². The van der Waals surface area contributed by atoms with E-state index >= 15 is 0 Å². The molecule has 0 heterocycles. The second-order valence-corrected chi connectivity index (χ2v) is 8.75. The SMILES string of the molecule is CCCC(NC(=O)OCC1c2ccccc2-c2ccccc21)C(=O)NC(C)(C)CC(=O)O. The van der Waals surface area contributed by atoms with Crippen molar-refractivity contribution in [3.05, 3.63) is 59.7 Å². The number of rotatable bonds is 9. The van der Waals surface area contributed by atoms with Crippen molar-refractivity contribution in [2.75, 3.05) is 6.61 Å². The number of hydrogen-bond donors (Lipinski definition) is 3. The van der Waals surface area contributed by atoms with Crippen LogP contribution in [0, 0.1) is 0 Å². The minimum atomic E-state index is -1.01. The van der Waals surface area contributed by atoms with Gasteiger partial charge in [0.05, 0.1) is 6.42 Å². The summed E-state index contributed by atoms with van der Waals surface area (Å²) in [4.78, 5) is 36.2. The van der Waals surface area contributed by atoms with Gasteiger partial charge in [0.25, 0.3) is 0 Å². The van der Waals surface area contributed by atoms with E-state index in [1.807, 2.05) is 43.3 Å². The first-order valence-corrected chi connectivity index (χ1v) is 10.9. The average Bonchev–Trinajstić information content (AvgIpc) is 3.04. The molecule has 0 fully saturated rings. The molecule has 0 radical (unpaired) electrons. The Balaban J connectivity index is 1.64. The van der Waals surface area contributed by atoms with E-state index in [0.29, 0.717) is 12.8 Å². The van der Waals surface area contributed by atoms with Gasteiger partial charge in [-0.05, 0) is 42.5 Å². The first-order valence-electron chi connectivity index (χ1n) is 10.9. The number of aliphatic carboxylic acids is 1. The molecule has 2 aromatic rings. The lowest BCUT2D eigenvalue weighted by molar-refractivity contribution is -0.138. The third-order valence-electron chi connectivity index (χ3n) is 5.58. The Labute approximate surface area is 188 Å². The van der Waals surface area contributed by atoms with Crippen LogP contribution in [0.5, 0.6) is 0 Å². The fourth-order valence-electron chi connectivity index (χ4n) is 4.18. The third kappa shape index (κ3) is 5.46. The van der Waals surface area contributed by atoms with Crippen LogP contribution in [0.15, 0.2) is 48.5 Å². The van der Waals surface area contributed by atoms with Crippen molar-refractivity contribution < 1.29 is 24.2 Å². The molecular formula is C25H30N2O5. The number of amides is 2. The predicted molar refractivity (Wildman–Crippen MR) is 121 cm³/mol. The van der Waals surface area contributed by atoms with Gasteiger partial charge >= 0.3 is 12.1 Å². The Hall–Kier alpha value is -3.35. The number of carbonyl (C=O) groups excluding carboxylic acids is 2. The second kappa shape index (κ2) is 9.85. The number of nitrogens with one attached hydrogen (secondary N) is 2. The zero-order chi connectivity index (χ0) is 23.3. The molecule has 32 heavy (non-hydrogen) atoms. The molecule has 0 spiro atoms. The number of fused-ring (bicyclic) bond motifs is 3. The summed E-state index contributed by atoms with van der Waals surface area (Å²) in [6.45, 7) is 5.33. The molecule has 0 saturated heterocycles. The largest absolute Gasteiger partial charge is 0.481 e. The van der Waals surface area contributed by atoms with Crippen molar-refractivity contribution in [2.24, 2.45) is 0 Å². The smallest absolute Gasteiger partial charge is 0.407 e. The molecule has 170 valence electrons. The Morgan fingerprint density at radius 2 is 1.59 bits per heavy atom. The molecule has 3 rings (SSSR count). The van der Waals surface area contributed by atoms with Gasteiger partial charge in [-0.15, -0.1) is 0 Å². The third-order valence-corrected chi connectivity index (χ3v) is 5.58. The topological polar surface area (TPSA) is 105 Å². The molecule has 1 atom stereocenters. The molecule has 1 aliphatic rings. The maximum atomic E-state index is 12.7. The summed E-state index contributed by atoms with van der Waals surface area (Å²) in [5, 5.41) is 14.4. The van der Waals surface area contributed by atoms with Crippen molar-refractivity contribution in [2.45, 2.75) is 57.5 Å². The maximum absolute atomic E-state index is 12.7. The molecule has 7 heteroatoms. The lowest BCUT2D eigenvalue weighted by Gasteiger charge is -2.27. The summed E-state index contributed by atoms with van der Waals surface area (Å²) in [7, 11) is 0. The van der Waals surface area contributed by atoms with Gasteiger partial charge in [0.15, 0.2) is 0 Å². The highest BCUT2D eigenvalue weighted by atomic mass is 16.5. The van der Waals surface area contributed by atoms with Gasteiger partial charge < -0.3 is 20.5 Å². The molecule has 3 N–H and O–H groups in total. The van der Waals surface area contributed by atoms with E-state index in [4.69, 9.17) is 9.84 Å². The number of carboxylic acid groups (broad SMARTS) is 1. The Kier molecular flexibility index (Phi) is 7.18. The Morgan fingerprint density at radius 3 is 2.12 bits per heavy atom. The normalized spacial score (nSPS) is 13.6. The highest BCUT2D eigenvalue weighted by Crippen LogP contribution is 2.44. The van der Waals surface area contributed by atoms with Crippen molar-refractivity contribution in [1.82, 2.24) is 10.6 Å². The molecule has 2 aromatic carbocycles. The van der Waals surface area contributed by atoms with Gasteiger partial charge in [-0.1, -0.05) is 61.9 Å². The summed E-state index contributed by atoms with van der Waals surface area (Å²) in [5.41, 5.74) is 3.57. The van der Waals surface area contributed by atoms with E-state index in [2.05, 4.69) is 22.8 Å². The van der Waals surface area contributed by atoms with E-state index in [9.17, 15) is 14.4 Å². The lowest BCUT2D eigenvalue weighted by Crippen LogP contribution is -2.54. The summed E-state index contributed by atoms with van der Waals surface area (Å²) >= 11 is 0. The summed E-state index contributed by atoms with van der Waals surface area (Å²) in [6, 6.07) is 15.3. The van der Waals surface area contributed by atoms with Crippen molar-refractivity contribution in [3.63, 3.8) is 0 Å². The quantitative estimate of drug-likeness (QED) is 0.548. The minimum Gasteiger partial charge on any atom is -0.481 e. The minimum absolute atomic E-state index is 0.0684. The lowest BCUT2D eigenvalue weighted by atomic mass is 9.98. The number of carbonyl (C=O) groups is 3. The van der Waals surface area contributed by atoms with E-state index in [1.54, 1.807) is 13.8 Å². The molecule has 1 aliphatic carbocycles. The van der Waals surface area contributed by atoms with E-state index < -0.39 is 29.6 Å². The zero-order valence-corrected chi connectivity index (χ0v) is 18.7. The van der Waals surface area contributed by atoms with Crippen LogP contribution in [0.25, 0.3) is 11.1 Å². The van der Waals surface area contributed by atoms with Crippen LogP contribution in [0.3, 0.4) is 0 Å². The number of hydrogen-bond acceptors (Lipinski definition) is 4. The van der Waals surface area contributed by atoms with Gasteiger partial charge in [0, 0.05) is 11.5 Å². The number of ether oxygens (including phenoxy) is 1. The van der Waals surface area contributed by atoms with Crippen LogP contribution in [0.4, 0.5) is 4.79 Å². The van der Waals surface area contributed by atoms with Crippen molar-refractivity contribution in [1.29, 1.82) is 0 Å². The van der Waals surface area contributed by atoms with Crippen LogP contribution >= 0.6 is 0 Å². The number of carboxylic acids is 1. The van der Waals surface area contributed by atoms with E-state index in [1.165, 1.54) is 0 Å². The van der Waals surface area contributed by atoms with Gasteiger partial charge in [0.2, 0.25) is 5.91 Å². The standard InChI is InChI=1S/C25H30N2O5/c1-4-9-21(23(30)27-25(2,3)14-22(28)29)26-24(31)32-15-20-18-12-7-5-10-16(18)17-11-6-8-13-19(17)20/h5-8,10-13,20-21H,4,9,14-15H2,1-3H3,(H,26,31)(H,27,30)(H,28,29). The molecule has 7 nitrogen and oxygen atoms in total. The molecule has 0 aliphatic heterocycles. The monoisotopic (exact) mass is 438 g/mol. The van der Waals surface area contributed by atoms with E-state index in [-0.39, 0.29) is 18.9 Å². The molecule has 0 aromatic heterocycles. The molecular weight excluding hydrogens is 408 g/mol. The Morgan fingerprint density at radius 1 is 1.03 bits per heavy atom.